The fourth-order valence-corrected chi connectivity index (χ4v) is 5.17. The third kappa shape index (κ3) is 5.19. The molecule has 2 heterocycles. The SMILES string of the molecule is Cc1ccc(N2C[C@H](C(=O)NC3CCN(CC4CCCCC4)CC3)CC2=O)cc1. The quantitative estimate of drug-likeness (QED) is 0.827. The van der Waals surface area contributed by atoms with E-state index < -0.39 is 0 Å². The summed E-state index contributed by atoms with van der Waals surface area (Å²) in [4.78, 5) is 29.6. The molecule has 1 saturated carbocycles. The van der Waals surface area contributed by atoms with Crippen molar-refractivity contribution in [1.82, 2.24) is 10.2 Å². The maximum atomic E-state index is 12.8. The number of rotatable bonds is 5. The summed E-state index contributed by atoms with van der Waals surface area (Å²) in [6.07, 6.45) is 9.37. The van der Waals surface area contributed by atoms with E-state index in [1.807, 2.05) is 31.2 Å². The van der Waals surface area contributed by atoms with Crippen molar-refractivity contribution in [3.8, 4) is 0 Å². The van der Waals surface area contributed by atoms with Crippen LogP contribution < -0.4 is 10.2 Å². The summed E-state index contributed by atoms with van der Waals surface area (Å²) >= 11 is 0. The zero-order valence-electron chi connectivity index (χ0n) is 17.7. The number of benzene rings is 1. The van der Waals surface area contributed by atoms with Gasteiger partial charge in [0.15, 0.2) is 0 Å². The lowest BCUT2D eigenvalue weighted by Gasteiger charge is -2.35. The molecule has 29 heavy (non-hydrogen) atoms. The highest BCUT2D eigenvalue weighted by atomic mass is 16.2. The first kappa shape index (κ1) is 20.4. The van der Waals surface area contributed by atoms with Gasteiger partial charge in [0.1, 0.15) is 0 Å². The van der Waals surface area contributed by atoms with E-state index in [0.29, 0.717) is 13.0 Å². The van der Waals surface area contributed by atoms with Crippen LogP contribution in [-0.2, 0) is 9.59 Å². The Hall–Kier alpha value is -1.88. The molecule has 1 aromatic rings. The summed E-state index contributed by atoms with van der Waals surface area (Å²) in [5, 5.41) is 3.24. The van der Waals surface area contributed by atoms with Gasteiger partial charge in [-0.15, -0.1) is 0 Å². The van der Waals surface area contributed by atoms with Gasteiger partial charge in [0.05, 0.1) is 5.92 Å². The maximum absolute atomic E-state index is 12.8. The lowest BCUT2D eigenvalue weighted by molar-refractivity contribution is -0.127. The van der Waals surface area contributed by atoms with Crippen molar-refractivity contribution in [3.05, 3.63) is 29.8 Å². The highest BCUT2D eigenvalue weighted by Crippen LogP contribution is 2.27. The van der Waals surface area contributed by atoms with E-state index in [2.05, 4.69) is 10.2 Å². The molecule has 1 N–H and O–H groups in total. The van der Waals surface area contributed by atoms with Gasteiger partial charge in [-0.25, -0.2) is 0 Å². The summed E-state index contributed by atoms with van der Waals surface area (Å²) in [6, 6.07) is 8.22. The van der Waals surface area contributed by atoms with Gasteiger partial charge in [-0.2, -0.15) is 0 Å². The summed E-state index contributed by atoms with van der Waals surface area (Å²) in [5.41, 5.74) is 2.07. The van der Waals surface area contributed by atoms with Gasteiger partial charge in [0, 0.05) is 44.3 Å². The smallest absolute Gasteiger partial charge is 0.227 e. The molecule has 158 valence electrons. The molecule has 2 aliphatic heterocycles. The van der Waals surface area contributed by atoms with E-state index >= 15 is 0 Å². The number of piperidine rings is 1. The highest BCUT2D eigenvalue weighted by Gasteiger charge is 2.36. The van der Waals surface area contributed by atoms with Crippen LogP contribution in [0.15, 0.2) is 24.3 Å². The second-order valence-electron chi connectivity index (χ2n) is 9.33. The van der Waals surface area contributed by atoms with E-state index in [1.54, 1.807) is 4.90 Å². The number of likely N-dealkylation sites (tertiary alicyclic amines) is 1. The zero-order chi connectivity index (χ0) is 20.2. The van der Waals surface area contributed by atoms with Crippen molar-refractivity contribution in [2.75, 3.05) is 31.1 Å². The molecule has 5 nitrogen and oxygen atoms in total. The number of nitrogens with zero attached hydrogens (tertiary/aromatic N) is 2. The minimum Gasteiger partial charge on any atom is -0.353 e. The Morgan fingerprint density at radius 2 is 1.72 bits per heavy atom. The largest absolute Gasteiger partial charge is 0.353 e. The molecule has 2 amide bonds. The monoisotopic (exact) mass is 397 g/mol. The molecule has 0 unspecified atom stereocenters. The summed E-state index contributed by atoms with van der Waals surface area (Å²) < 4.78 is 0. The molecule has 2 saturated heterocycles. The van der Waals surface area contributed by atoms with Gasteiger partial charge in [0.25, 0.3) is 0 Å². The van der Waals surface area contributed by atoms with Gasteiger partial charge in [-0.05, 0) is 50.7 Å². The summed E-state index contributed by atoms with van der Waals surface area (Å²) in [7, 11) is 0. The number of anilines is 1. The maximum Gasteiger partial charge on any atom is 0.227 e. The van der Waals surface area contributed by atoms with Gasteiger partial charge < -0.3 is 15.1 Å². The number of hydrogen-bond donors (Lipinski definition) is 1. The molecule has 4 rings (SSSR count). The molecule has 1 aromatic carbocycles. The Morgan fingerprint density at radius 3 is 2.41 bits per heavy atom. The first-order chi connectivity index (χ1) is 14.1. The topological polar surface area (TPSA) is 52.7 Å². The van der Waals surface area contributed by atoms with Crippen LogP contribution in [0.1, 0.15) is 56.9 Å². The molecule has 0 spiro atoms. The first-order valence-electron chi connectivity index (χ1n) is 11.5. The average Bonchev–Trinajstić information content (AvgIpc) is 3.13. The molecule has 0 radical (unpaired) electrons. The molecule has 0 bridgehead atoms. The second-order valence-corrected chi connectivity index (χ2v) is 9.33. The number of carbonyl (C=O) groups excluding carboxylic acids is 2. The predicted molar refractivity (Wildman–Crippen MR) is 116 cm³/mol. The Labute approximate surface area is 174 Å². The van der Waals surface area contributed by atoms with Crippen LogP contribution in [0.4, 0.5) is 5.69 Å². The lowest BCUT2D eigenvalue weighted by Crippen LogP contribution is -2.47. The average molecular weight is 398 g/mol. The molecular formula is C24H35N3O2. The lowest BCUT2D eigenvalue weighted by atomic mass is 9.88. The Balaban J connectivity index is 1.23. The fraction of sp³-hybridized carbons (Fsp3) is 0.667. The van der Waals surface area contributed by atoms with Gasteiger partial charge in [-0.1, -0.05) is 37.0 Å². The Kier molecular flexibility index (Phi) is 6.53. The third-order valence-electron chi connectivity index (χ3n) is 7.02. The summed E-state index contributed by atoms with van der Waals surface area (Å²) in [5.74, 6) is 0.756. The molecule has 3 aliphatic rings. The minimum absolute atomic E-state index is 0.0521. The van der Waals surface area contributed by atoms with Crippen molar-refractivity contribution < 1.29 is 9.59 Å². The van der Waals surface area contributed by atoms with E-state index in [1.165, 1.54) is 44.2 Å². The van der Waals surface area contributed by atoms with Crippen LogP contribution >= 0.6 is 0 Å². The molecule has 5 heteroatoms. The summed E-state index contributed by atoms with van der Waals surface area (Å²) in [6.45, 7) is 5.94. The van der Waals surface area contributed by atoms with Crippen molar-refractivity contribution in [1.29, 1.82) is 0 Å². The van der Waals surface area contributed by atoms with E-state index in [0.717, 1.165) is 37.5 Å². The predicted octanol–water partition coefficient (Wildman–Crippen LogP) is 3.51. The first-order valence-corrected chi connectivity index (χ1v) is 11.5. The van der Waals surface area contributed by atoms with Crippen LogP contribution in [-0.4, -0.2) is 48.9 Å². The van der Waals surface area contributed by atoms with E-state index in [4.69, 9.17) is 0 Å². The number of hydrogen-bond acceptors (Lipinski definition) is 3. The van der Waals surface area contributed by atoms with Gasteiger partial charge in [-0.3, -0.25) is 9.59 Å². The molecule has 1 atom stereocenters. The number of aryl methyl sites for hydroxylation is 1. The normalized spacial score (nSPS) is 24.8. The third-order valence-corrected chi connectivity index (χ3v) is 7.02. The Morgan fingerprint density at radius 1 is 1.03 bits per heavy atom. The van der Waals surface area contributed by atoms with E-state index in [-0.39, 0.29) is 23.8 Å². The fourth-order valence-electron chi connectivity index (χ4n) is 5.17. The molecule has 3 fully saturated rings. The van der Waals surface area contributed by atoms with Crippen molar-refractivity contribution >= 4 is 17.5 Å². The van der Waals surface area contributed by atoms with Crippen LogP contribution in [0, 0.1) is 18.8 Å². The highest BCUT2D eigenvalue weighted by molar-refractivity contribution is 6.00. The van der Waals surface area contributed by atoms with Crippen LogP contribution in [0.25, 0.3) is 0 Å². The molecule has 0 aromatic heterocycles. The Bertz CT molecular complexity index is 703. The minimum atomic E-state index is -0.232. The number of nitrogens with one attached hydrogen (secondary N) is 1. The van der Waals surface area contributed by atoms with Crippen molar-refractivity contribution in [2.45, 2.75) is 64.3 Å². The van der Waals surface area contributed by atoms with Crippen molar-refractivity contribution in [3.63, 3.8) is 0 Å². The molecule has 1 aliphatic carbocycles. The van der Waals surface area contributed by atoms with Gasteiger partial charge in [0.2, 0.25) is 11.8 Å². The zero-order valence-corrected chi connectivity index (χ0v) is 17.7. The van der Waals surface area contributed by atoms with E-state index in [9.17, 15) is 9.59 Å². The van der Waals surface area contributed by atoms with Crippen molar-refractivity contribution in [2.24, 2.45) is 11.8 Å². The number of carbonyl (C=O) groups is 2. The van der Waals surface area contributed by atoms with Crippen LogP contribution in [0.2, 0.25) is 0 Å². The van der Waals surface area contributed by atoms with Gasteiger partial charge >= 0.3 is 0 Å². The van der Waals surface area contributed by atoms with Crippen LogP contribution in [0.3, 0.4) is 0 Å². The van der Waals surface area contributed by atoms with Crippen LogP contribution in [0.5, 0.6) is 0 Å². The molecular weight excluding hydrogens is 362 g/mol. The number of amides is 2. The standard InChI is InChI=1S/C24H35N3O2/c1-18-7-9-22(10-8-18)27-17-20(15-23(27)28)24(29)25-21-11-13-26(14-12-21)16-19-5-3-2-4-6-19/h7-10,19-21H,2-6,11-17H2,1H3,(H,25,29)/t20-/m1/s1. The second kappa shape index (κ2) is 9.29.